The number of hydrogen-bond donors (Lipinski definition) is 1. The summed E-state index contributed by atoms with van der Waals surface area (Å²) in [7, 11) is 0. The highest BCUT2D eigenvalue weighted by atomic mass is 35.5. The van der Waals surface area contributed by atoms with Gasteiger partial charge in [0, 0.05) is 24.5 Å². The average molecular weight is 460 g/mol. The van der Waals surface area contributed by atoms with E-state index < -0.39 is 6.10 Å². The first-order valence-electron chi connectivity index (χ1n) is 10.6. The van der Waals surface area contributed by atoms with E-state index in [1.807, 2.05) is 19.1 Å². The van der Waals surface area contributed by atoms with E-state index in [2.05, 4.69) is 28.4 Å². The van der Waals surface area contributed by atoms with Gasteiger partial charge in [0.05, 0.1) is 22.3 Å². The second-order valence-electron chi connectivity index (χ2n) is 7.71. The quantitative estimate of drug-likeness (QED) is 0.599. The number of carbonyl (C=O) groups is 2. The Balaban J connectivity index is 1.43. The van der Waals surface area contributed by atoms with Gasteiger partial charge >= 0.3 is 6.09 Å². The molecule has 0 spiro atoms. The SMILES string of the molecule is C/C=C/Cc1cc(N2CC(CNC(=O)c3ccc(Cl)s3)OC2=O)ccc1N1CCCC1. The van der Waals surface area contributed by atoms with Gasteiger partial charge < -0.3 is 15.0 Å². The van der Waals surface area contributed by atoms with Gasteiger partial charge in [0.1, 0.15) is 6.10 Å². The fourth-order valence-corrected chi connectivity index (χ4v) is 4.94. The van der Waals surface area contributed by atoms with Gasteiger partial charge in [-0.2, -0.15) is 0 Å². The molecule has 1 unspecified atom stereocenters. The van der Waals surface area contributed by atoms with Crippen LogP contribution in [0, 0.1) is 0 Å². The monoisotopic (exact) mass is 459 g/mol. The molecule has 0 bridgehead atoms. The number of thiophene rings is 1. The molecule has 2 saturated heterocycles. The summed E-state index contributed by atoms with van der Waals surface area (Å²) in [6.07, 6.45) is 6.65. The molecule has 0 radical (unpaired) electrons. The number of allylic oxidation sites excluding steroid dienone is 2. The number of halogens is 1. The van der Waals surface area contributed by atoms with Crippen molar-refractivity contribution in [3.05, 3.63) is 57.3 Å². The van der Waals surface area contributed by atoms with Gasteiger partial charge in [-0.05, 0) is 62.1 Å². The molecule has 2 aliphatic rings. The fraction of sp³-hybridized carbons (Fsp3) is 0.391. The number of cyclic esters (lactones) is 1. The molecule has 3 heterocycles. The number of nitrogens with one attached hydrogen (secondary N) is 1. The van der Waals surface area contributed by atoms with Crippen molar-refractivity contribution in [2.75, 3.05) is 36.0 Å². The van der Waals surface area contributed by atoms with Crippen molar-refractivity contribution in [3.63, 3.8) is 0 Å². The Labute approximate surface area is 191 Å². The van der Waals surface area contributed by atoms with E-state index >= 15 is 0 Å². The lowest BCUT2D eigenvalue weighted by Crippen LogP contribution is -2.34. The molecular formula is C23H26ClN3O3S. The smallest absolute Gasteiger partial charge is 0.414 e. The maximum Gasteiger partial charge on any atom is 0.414 e. The lowest BCUT2D eigenvalue weighted by molar-refractivity contribution is 0.0920. The zero-order valence-corrected chi connectivity index (χ0v) is 19.0. The van der Waals surface area contributed by atoms with Crippen LogP contribution < -0.4 is 15.1 Å². The Bertz CT molecular complexity index is 984. The molecule has 2 amide bonds. The Morgan fingerprint density at radius 2 is 2.10 bits per heavy atom. The number of hydrogen-bond acceptors (Lipinski definition) is 5. The molecule has 31 heavy (non-hydrogen) atoms. The van der Waals surface area contributed by atoms with E-state index in [9.17, 15) is 9.59 Å². The van der Waals surface area contributed by atoms with Gasteiger partial charge in [0.2, 0.25) is 0 Å². The van der Waals surface area contributed by atoms with Crippen molar-refractivity contribution >= 4 is 46.3 Å². The van der Waals surface area contributed by atoms with Gasteiger partial charge in [0.25, 0.3) is 5.91 Å². The summed E-state index contributed by atoms with van der Waals surface area (Å²) in [5, 5.41) is 2.83. The van der Waals surface area contributed by atoms with Crippen LogP contribution in [0.25, 0.3) is 0 Å². The predicted molar refractivity (Wildman–Crippen MR) is 126 cm³/mol. The van der Waals surface area contributed by atoms with E-state index in [1.165, 1.54) is 35.4 Å². The Hall–Kier alpha value is -2.51. The molecule has 8 heteroatoms. The topological polar surface area (TPSA) is 61.9 Å². The third kappa shape index (κ3) is 5.05. The van der Waals surface area contributed by atoms with E-state index in [4.69, 9.17) is 16.3 Å². The van der Waals surface area contributed by atoms with Crippen LogP contribution in [0.1, 0.15) is 35.0 Å². The largest absolute Gasteiger partial charge is 0.442 e. The third-order valence-corrected chi connectivity index (χ3v) is 6.79. The lowest BCUT2D eigenvalue weighted by Gasteiger charge is -2.23. The van der Waals surface area contributed by atoms with Gasteiger partial charge in [-0.15, -0.1) is 11.3 Å². The van der Waals surface area contributed by atoms with E-state index in [1.54, 1.807) is 17.0 Å². The highest BCUT2D eigenvalue weighted by molar-refractivity contribution is 7.18. The molecule has 4 rings (SSSR count). The first kappa shape index (κ1) is 21.7. The van der Waals surface area contributed by atoms with Crippen molar-refractivity contribution < 1.29 is 14.3 Å². The molecular weight excluding hydrogens is 434 g/mol. The lowest BCUT2D eigenvalue weighted by atomic mass is 10.1. The molecule has 1 atom stereocenters. The molecule has 0 aliphatic carbocycles. The maximum absolute atomic E-state index is 12.5. The van der Waals surface area contributed by atoms with Gasteiger partial charge in [-0.1, -0.05) is 23.8 Å². The Morgan fingerprint density at radius 1 is 1.29 bits per heavy atom. The van der Waals surface area contributed by atoms with Crippen LogP contribution in [0.2, 0.25) is 4.34 Å². The first-order chi connectivity index (χ1) is 15.0. The van der Waals surface area contributed by atoms with Crippen LogP contribution in [-0.4, -0.2) is 44.3 Å². The Morgan fingerprint density at radius 3 is 2.81 bits per heavy atom. The third-order valence-electron chi connectivity index (χ3n) is 5.56. The minimum Gasteiger partial charge on any atom is -0.442 e. The maximum atomic E-state index is 12.5. The number of benzene rings is 1. The fourth-order valence-electron chi connectivity index (χ4n) is 3.98. The van der Waals surface area contributed by atoms with Crippen molar-refractivity contribution in [2.24, 2.45) is 0 Å². The molecule has 2 fully saturated rings. The summed E-state index contributed by atoms with van der Waals surface area (Å²) in [4.78, 5) is 29.4. The van der Waals surface area contributed by atoms with Crippen LogP contribution >= 0.6 is 22.9 Å². The minimum absolute atomic E-state index is 0.213. The Kier molecular flexibility index (Phi) is 6.83. The van der Waals surface area contributed by atoms with Crippen LogP contribution in [-0.2, 0) is 11.2 Å². The molecule has 2 aromatic rings. The first-order valence-corrected chi connectivity index (χ1v) is 11.8. The van der Waals surface area contributed by atoms with Crippen LogP contribution in [0.3, 0.4) is 0 Å². The molecule has 6 nitrogen and oxygen atoms in total. The van der Waals surface area contributed by atoms with Crippen LogP contribution in [0.5, 0.6) is 0 Å². The summed E-state index contributed by atoms with van der Waals surface area (Å²) >= 11 is 7.11. The summed E-state index contributed by atoms with van der Waals surface area (Å²) in [6, 6.07) is 9.56. The number of ether oxygens (including phenoxy) is 1. The van der Waals surface area contributed by atoms with E-state index in [-0.39, 0.29) is 18.5 Å². The van der Waals surface area contributed by atoms with Gasteiger partial charge in [-0.3, -0.25) is 9.69 Å². The summed E-state index contributed by atoms with van der Waals surface area (Å²) in [5.41, 5.74) is 3.27. The van der Waals surface area contributed by atoms with Crippen LogP contribution in [0.4, 0.5) is 16.2 Å². The normalized spacial score (nSPS) is 18.8. The van der Waals surface area contributed by atoms with Crippen LogP contribution in [0.15, 0.2) is 42.5 Å². The number of rotatable bonds is 7. The van der Waals surface area contributed by atoms with Crippen molar-refractivity contribution in [3.8, 4) is 0 Å². The van der Waals surface area contributed by atoms with Gasteiger partial charge in [-0.25, -0.2) is 4.79 Å². The van der Waals surface area contributed by atoms with Crippen molar-refractivity contribution in [2.45, 2.75) is 32.3 Å². The van der Waals surface area contributed by atoms with E-state index in [0.717, 1.165) is 25.2 Å². The standard InChI is InChI=1S/C23H26ClN3O3S/c1-2-3-6-16-13-17(7-8-19(16)26-11-4-5-12-26)27-15-18(30-23(27)29)14-25-22(28)20-9-10-21(24)31-20/h2-3,7-10,13,18H,4-6,11-12,14-15H2,1H3,(H,25,28)/b3-2+. The number of anilines is 2. The minimum atomic E-state index is -0.399. The van der Waals surface area contributed by atoms with Crippen molar-refractivity contribution in [1.82, 2.24) is 5.32 Å². The average Bonchev–Trinajstić information content (AvgIpc) is 3.52. The molecule has 164 valence electrons. The van der Waals surface area contributed by atoms with Crippen molar-refractivity contribution in [1.29, 1.82) is 0 Å². The summed E-state index contributed by atoms with van der Waals surface area (Å²) in [6.45, 7) is 4.82. The molecule has 2 aliphatic heterocycles. The summed E-state index contributed by atoms with van der Waals surface area (Å²) < 4.78 is 6.06. The number of carbonyl (C=O) groups excluding carboxylic acids is 2. The number of amides is 2. The molecule has 1 aromatic carbocycles. The number of nitrogens with zero attached hydrogens (tertiary/aromatic N) is 2. The van der Waals surface area contributed by atoms with E-state index in [0.29, 0.717) is 15.8 Å². The zero-order valence-electron chi connectivity index (χ0n) is 17.5. The summed E-state index contributed by atoms with van der Waals surface area (Å²) in [5.74, 6) is -0.213. The predicted octanol–water partition coefficient (Wildman–Crippen LogP) is 4.88. The molecule has 0 saturated carbocycles. The highest BCUT2D eigenvalue weighted by Gasteiger charge is 2.33. The second-order valence-corrected chi connectivity index (χ2v) is 9.43. The molecule has 1 aromatic heterocycles. The zero-order chi connectivity index (χ0) is 21.8. The second kappa shape index (κ2) is 9.75. The molecule has 1 N–H and O–H groups in total. The van der Waals surface area contributed by atoms with Gasteiger partial charge in [0.15, 0.2) is 0 Å². The highest BCUT2D eigenvalue weighted by Crippen LogP contribution is 2.31.